The highest BCUT2D eigenvalue weighted by atomic mass is 35.5. The SMILES string of the molecule is Cc1cccc(CN2C(=O)S/C(=C\c3cc(C)n(-c4ccc(Cl)c(Cl)c4)c3C)C2=O)c1. The Kier molecular flexibility index (Phi) is 6.02. The normalized spacial score (nSPS) is 15.4. The van der Waals surface area contributed by atoms with Gasteiger partial charge in [0.05, 0.1) is 21.5 Å². The Morgan fingerprint density at radius 3 is 2.45 bits per heavy atom. The molecule has 1 aliphatic heterocycles. The Balaban J connectivity index is 1.64. The molecule has 0 unspecified atom stereocenters. The smallest absolute Gasteiger partial charge is 0.293 e. The number of hydrogen-bond donors (Lipinski definition) is 0. The molecule has 0 radical (unpaired) electrons. The molecule has 4 nitrogen and oxygen atoms in total. The van der Waals surface area contributed by atoms with Crippen LogP contribution in [0.15, 0.2) is 53.4 Å². The minimum Gasteiger partial charge on any atom is -0.318 e. The van der Waals surface area contributed by atoms with Crippen molar-refractivity contribution in [2.75, 3.05) is 0 Å². The van der Waals surface area contributed by atoms with Crippen molar-refractivity contribution in [3.05, 3.63) is 91.6 Å². The van der Waals surface area contributed by atoms with Gasteiger partial charge < -0.3 is 4.57 Å². The monoisotopic (exact) mass is 470 g/mol. The molecule has 0 spiro atoms. The Bertz CT molecular complexity index is 1250. The fourth-order valence-electron chi connectivity index (χ4n) is 3.73. The first kappa shape index (κ1) is 21.8. The van der Waals surface area contributed by atoms with Gasteiger partial charge in [-0.15, -0.1) is 0 Å². The summed E-state index contributed by atoms with van der Waals surface area (Å²) in [5.41, 5.74) is 5.72. The van der Waals surface area contributed by atoms with E-state index >= 15 is 0 Å². The van der Waals surface area contributed by atoms with Crippen molar-refractivity contribution in [1.82, 2.24) is 9.47 Å². The van der Waals surface area contributed by atoms with Gasteiger partial charge in [-0.2, -0.15) is 0 Å². The maximum Gasteiger partial charge on any atom is 0.293 e. The van der Waals surface area contributed by atoms with E-state index in [9.17, 15) is 9.59 Å². The molecule has 1 saturated heterocycles. The van der Waals surface area contributed by atoms with Gasteiger partial charge in [-0.25, -0.2) is 0 Å². The van der Waals surface area contributed by atoms with Crippen molar-refractivity contribution in [2.24, 2.45) is 0 Å². The van der Waals surface area contributed by atoms with Crippen LogP contribution in [0.5, 0.6) is 0 Å². The summed E-state index contributed by atoms with van der Waals surface area (Å²) in [5.74, 6) is -0.268. The van der Waals surface area contributed by atoms with E-state index in [1.807, 2.05) is 67.8 Å². The number of aromatic nitrogens is 1. The highest BCUT2D eigenvalue weighted by Gasteiger charge is 2.35. The molecule has 3 aromatic rings. The first-order valence-corrected chi connectivity index (χ1v) is 11.3. The summed E-state index contributed by atoms with van der Waals surface area (Å²) in [6.07, 6.45) is 1.79. The standard InChI is InChI=1S/C24H20Cl2N2O2S/c1-14-5-4-6-17(9-14)13-27-23(29)22(31-24(27)30)11-18-10-15(2)28(16(18)3)19-7-8-20(25)21(26)12-19/h4-12H,13H2,1-3H3/b22-11-. The van der Waals surface area contributed by atoms with Crippen LogP contribution in [-0.2, 0) is 11.3 Å². The molecule has 1 fully saturated rings. The molecule has 0 atom stereocenters. The molecule has 2 heterocycles. The third kappa shape index (κ3) is 4.31. The molecule has 2 amide bonds. The summed E-state index contributed by atoms with van der Waals surface area (Å²) in [6, 6.07) is 15.3. The van der Waals surface area contributed by atoms with Gasteiger partial charge in [0.1, 0.15) is 0 Å². The van der Waals surface area contributed by atoms with Crippen LogP contribution >= 0.6 is 35.0 Å². The van der Waals surface area contributed by atoms with Crippen molar-refractivity contribution in [1.29, 1.82) is 0 Å². The van der Waals surface area contributed by atoms with Gasteiger partial charge >= 0.3 is 0 Å². The van der Waals surface area contributed by atoms with Crippen LogP contribution in [0, 0.1) is 20.8 Å². The number of halogens is 2. The zero-order valence-corrected chi connectivity index (χ0v) is 19.6. The van der Waals surface area contributed by atoms with Crippen molar-refractivity contribution >= 4 is 52.2 Å². The molecule has 1 aromatic heterocycles. The van der Waals surface area contributed by atoms with Gasteiger partial charge in [0.15, 0.2) is 0 Å². The van der Waals surface area contributed by atoms with Gasteiger partial charge in [-0.05, 0) is 74.0 Å². The molecule has 158 valence electrons. The van der Waals surface area contributed by atoms with Crippen molar-refractivity contribution in [3.8, 4) is 5.69 Å². The molecule has 0 N–H and O–H groups in total. The van der Waals surface area contributed by atoms with E-state index in [0.717, 1.165) is 45.5 Å². The van der Waals surface area contributed by atoms with Gasteiger partial charge in [0.2, 0.25) is 0 Å². The second-order valence-electron chi connectivity index (χ2n) is 7.52. The first-order chi connectivity index (χ1) is 14.7. The van der Waals surface area contributed by atoms with Crippen molar-refractivity contribution < 1.29 is 9.59 Å². The van der Waals surface area contributed by atoms with E-state index in [-0.39, 0.29) is 17.7 Å². The highest BCUT2D eigenvalue weighted by molar-refractivity contribution is 8.18. The summed E-state index contributed by atoms with van der Waals surface area (Å²) >= 11 is 13.2. The predicted octanol–water partition coefficient (Wildman–Crippen LogP) is 6.95. The van der Waals surface area contributed by atoms with Gasteiger partial charge in [-0.1, -0.05) is 53.0 Å². The number of imide groups is 1. The molecule has 0 saturated carbocycles. The molecule has 2 aromatic carbocycles. The number of hydrogen-bond acceptors (Lipinski definition) is 3. The van der Waals surface area contributed by atoms with Crippen LogP contribution in [0.1, 0.15) is 28.1 Å². The maximum absolute atomic E-state index is 12.9. The van der Waals surface area contributed by atoms with Crippen LogP contribution in [0.2, 0.25) is 10.0 Å². The van der Waals surface area contributed by atoms with Crippen LogP contribution in [0.3, 0.4) is 0 Å². The lowest BCUT2D eigenvalue weighted by atomic mass is 10.1. The third-order valence-electron chi connectivity index (χ3n) is 5.22. The van der Waals surface area contributed by atoms with Crippen molar-refractivity contribution in [3.63, 3.8) is 0 Å². The van der Waals surface area contributed by atoms with E-state index in [4.69, 9.17) is 23.2 Å². The zero-order chi connectivity index (χ0) is 22.3. The minimum atomic E-state index is -0.268. The molecule has 0 bridgehead atoms. The number of nitrogens with zero attached hydrogens (tertiary/aromatic N) is 2. The lowest BCUT2D eigenvalue weighted by molar-refractivity contribution is -0.123. The Morgan fingerprint density at radius 2 is 1.74 bits per heavy atom. The molecular formula is C24H20Cl2N2O2S. The molecule has 0 aliphatic carbocycles. The number of carbonyl (C=O) groups is 2. The quantitative estimate of drug-likeness (QED) is 0.387. The Labute approximate surface area is 195 Å². The number of rotatable bonds is 4. The van der Waals surface area contributed by atoms with Crippen molar-refractivity contribution in [2.45, 2.75) is 27.3 Å². The van der Waals surface area contributed by atoms with E-state index in [0.29, 0.717) is 15.0 Å². The summed E-state index contributed by atoms with van der Waals surface area (Å²) in [7, 11) is 0. The predicted molar refractivity (Wildman–Crippen MR) is 128 cm³/mol. The van der Waals surface area contributed by atoms with Crippen LogP contribution in [-0.4, -0.2) is 20.6 Å². The molecule has 1 aliphatic rings. The average Bonchev–Trinajstić information content (AvgIpc) is 3.14. The van der Waals surface area contributed by atoms with Crippen LogP contribution < -0.4 is 0 Å². The molecular weight excluding hydrogens is 451 g/mol. The highest BCUT2D eigenvalue weighted by Crippen LogP contribution is 2.35. The van der Waals surface area contributed by atoms with E-state index in [1.54, 1.807) is 12.1 Å². The lowest BCUT2D eigenvalue weighted by Gasteiger charge is -2.12. The fourth-order valence-corrected chi connectivity index (χ4v) is 4.85. The fraction of sp³-hybridized carbons (Fsp3) is 0.167. The number of carbonyl (C=O) groups excluding carboxylic acids is 2. The zero-order valence-electron chi connectivity index (χ0n) is 17.3. The topological polar surface area (TPSA) is 42.3 Å². The number of benzene rings is 2. The maximum atomic E-state index is 12.9. The van der Waals surface area contributed by atoms with Gasteiger partial charge in [-0.3, -0.25) is 14.5 Å². The average molecular weight is 471 g/mol. The van der Waals surface area contributed by atoms with E-state index in [1.165, 1.54) is 4.90 Å². The van der Waals surface area contributed by atoms with Gasteiger partial charge in [0.25, 0.3) is 11.1 Å². The third-order valence-corrected chi connectivity index (χ3v) is 6.86. The Hall–Kier alpha value is -2.47. The number of amides is 2. The molecule has 4 rings (SSSR count). The summed E-state index contributed by atoms with van der Waals surface area (Å²) < 4.78 is 2.05. The first-order valence-electron chi connectivity index (χ1n) is 9.70. The second kappa shape index (κ2) is 8.58. The lowest BCUT2D eigenvalue weighted by Crippen LogP contribution is -2.27. The number of thioether (sulfide) groups is 1. The summed E-state index contributed by atoms with van der Waals surface area (Å²) in [4.78, 5) is 27.2. The summed E-state index contributed by atoms with van der Waals surface area (Å²) in [6.45, 7) is 6.21. The number of aryl methyl sites for hydroxylation is 2. The summed E-state index contributed by atoms with van der Waals surface area (Å²) in [5, 5.41) is 0.719. The Morgan fingerprint density at radius 1 is 0.968 bits per heavy atom. The molecule has 7 heteroatoms. The van der Waals surface area contributed by atoms with Crippen LogP contribution in [0.25, 0.3) is 11.8 Å². The largest absolute Gasteiger partial charge is 0.318 e. The second-order valence-corrected chi connectivity index (χ2v) is 9.32. The van der Waals surface area contributed by atoms with Crippen LogP contribution in [0.4, 0.5) is 4.79 Å². The minimum absolute atomic E-state index is 0.254. The van der Waals surface area contributed by atoms with E-state index in [2.05, 4.69) is 0 Å². The van der Waals surface area contributed by atoms with E-state index < -0.39 is 0 Å². The van der Waals surface area contributed by atoms with Gasteiger partial charge in [0, 0.05) is 17.1 Å². The molecule has 31 heavy (non-hydrogen) atoms.